The van der Waals surface area contributed by atoms with E-state index in [0.29, 0.717) is 17.8 Å². The van der Waals surface area contributed by atoms with Gasteiger partial charge in [-0.25, -0.2) is 13.2 Å². The smallest absolute Gasteiger partial charge is 0.406 e. The second-order valence-corrected chi connectivity index (χ2v) is 9.35. The first-order chi connectivity index (χ1) is 15.3. The Morgan fingerprint density at radius 1 is 1.12 bits per heavy atom. The minimum atomic E-state index is -5.22. The average Bonchev–Trinajstić information content (AvgIpc) is 2.73. The zero-order valence-electron chi connectivity index (χ0n) is 17.1. The van der Waals surface area contributed by atoms with E-state index in [2.05, 4.69) is 20.3 Å². The van der Waals surface area contributed by atoms with Crippen LogP contribution in [0.3, 0.4) is 0 Å². The molecule has 2 amide bonds. The normalized spacial score (nSPS) is 15.9. The van der Waals surface area contributed by atoms with Gasteiger partial charge in [-0.2, -0.15) is 19.0 Å². The summed E-state index contributed by atoms with van der Waals surface area (Å²) in [6.45, 7) is 0.877. The average molecular weight is 494 g/mol. The predicted octanol–water partition coefficient (Wildman–Crippen LogP) is 3.99. The van der Waals surface area contributed by atoms with Gasteiger partial charge in [0.2, 0.25) is 9.84 Å². The molecular formula is C19H19F5N4O4S. The standard InChI is InChI=1S/C19H19F5N4O4S/c1-12-10-15(32-19(22,23)24)2-3-16(12)33(30,31)18(20,21)13-5-8-28(9-6-13)17(29)27-14-4-7-25-26-11-14/h2-4,7,10-11,13H,5-6,8-9H2,1H3,(H,25,27,29). The maximum Gasteiger partial charge on any atom is 0.573 e. The van der Waals surface area contributed by atoms with E-state index in [1.165, 1.54) is 23.4 Å². The molecule has 1 N–H and O–H groups in total. The second-order valence-electron chi connectivity index (χ2n) is 7.36. The van der Waals surface area contributed by atoms with Crippen LogP contribution >= 0.6 is 0 Å². The summed E-state index contributed by atoms with van der Waals surface area (Å²) in [5, 5.41) is 5.51. The number of halogens is 5. The maximum atomic E-state index is 15.1. The van der Waals surface area contributed by atoms with Crippen LogP contribution in [0, 0.1) is 12.8 Å². The Morgan fingerprint density at radius 3 is 2.33 bits per heavy atom. The molecule has 0 radical (unpaired) electrons. The highest BCUT2D eigenvalue weighted by molar-refractivity contribution is 7.92. The number of sulfone groups is 1. The molecule has 33 heavy (non-hydrogen) atoms. The molecule has 2 aromatic rings. The summed E-state index contributed by atoms with van der Waals surface area (Å²) < 4.78 is 96.3. The number of ether oxygens (including phenoxy) is 1. The molecule has 0 spiro atoms. The van der Waals surface area contributed by atoms with Gasteiger partial charge in [0.25, 0.3) is 0 Å². The molecular weight excluding hydrogens is 475 g/mol. The molecule has 0 atom stereocenters. The zero-order valence-corrected chi connectivity index (χ0v) is 18.0. The van der Waals surface area contributed by atoms with E-state index in [9.17, 15) is 26.4 Å². The Labute approximate surface area is 185 Å². The van der Waals surface area contributed by atoms with Crippen molar-refractivity contribution in [3.05, 3.63) is 42.2 Å². The number of urea groups is 1. The number of amides is 2. The van der Waals surface area contributed by atoms with Gasteiger partial charge >= 0.3 is 17.6 Å². The van der Waals surface area contributed by atoms with Gasteiger partial charge < -0.3 is 15.0 Å². The number of hydrogen-bond acceptors (Lipinski definition) is 6. The topological polar surface area (TPSA) is 101 Å². The van der Waals surface area contributed by atoms with Crippen LogP contribution in [0.25, 0.3) is 0 Å². The number of carbonyl (C=O) groups excluding carboxylic acids is 1. The minimum absolute atomic E-state index is 0.114. The zero-order chi connectivity index (χ0) is 24.4. The third-order valence-corrected chi connectivity index (χ3v) is 7.21. The van der Waals surface area contributed by atoms with Crippen LogP contribution in [0.15, 0.2) is 41.6 Å². The van der Waals surface area contributed by atoms with E-state index in [-0.39, 0.29) is 31.5 Å². The van der Waals surface area contributed by atoms with Crippen LogP contribution in [-0.2, 0) is 9.84 Å². The molecule has 0 bridgehead atoms. The Bertz CT molecular complexity index is 1100. The molecule has 1 aliphatic heterocycles. The third-order valence-electron chi connectivity index (χ3n) is 5.12. The number of rotatable bonds is 5. The van der Waals surface area contributed by atoms with Gasteiger partial charge in [-0.15, -0.1) is 13.2 Å². The van der Waals surface area contributed by atoms with E-state index in [0.717, 1.165) is 13.0 Å². The van der Waals surface area contributed by atoms with Crippen molar-refractivity contribution < 1.29 is 39.9 Å². The summed E-state index contributed by atoms with van der Waals surface area (Å²) in [6, 6.07) is 3.02. The fourth-order valence-corrected chi connectivity index (χ4v) is 5.17. The number of aryl methyl sites for hydroxylation is 1. The van der Waals surface area contributed by atoms with Crippen LogP contribution in [-0.4, -0.2) is 54.3 Å². The number of aromatic nitrogens is 2. The fraction of sp³-hybridized carbons (Fsp3) is 0.421. The fourth-order valence-electron chi connectivity index (χ4n) is 3.47. The molecule has 1 aromatic heterocycles. The first-order valence-corrected chi connectivity index (χ1v) is 11.1. The van der Waals surface area contributed by atoms with E-state index >= 15 is 8.78 Å². The van der Waals surface area contributed by atoms with Crippen LogP contribution in [0.2, 0.25) is 0 Å². The van der Waals surface area contributed by atoms with Crippen LogP contribution in [0.1, 0.15) is 18.4 Å². The van der Waals surface area contributed by atoms with Gasteiger partial charge in [0, 0.05) is 19.0 Å². The highest BCUT2D eigenvalue weighted by Crippen LogP contribution is 2.42. The summed E-state index contributed by atoms with van der Waals surface area (Å²) in [5.74, 6) is -2.30. The highest BCUT2D eigenvalue weighted by atomic mass is 32.2. The number of benzene rings is 1. The van der Waals surface area contributed by atoms with Crippen molar-refractivity contribution >= 4 is 21.6 Å². The Hall–Kier alpha value is -3.03. The van der Waals surface area contributed by atoms with E-state index in [1.807, 2.05) is 0 Å². The predicted molar refractivity (Wildman–Crippen MR) is 105 cm³/mol. The molecule has 0 aliphatic carbocycles. The number of hydrogen-bond donors (Lipinski definition) is 1. The number of alkyl halides is 5. The van der Waals surface area contributed by atoms with Crippen molar-refractivity contribution in [3.8, 4) is 5.75 Å². The Morgan fingerprint density at radius 2 is 1.79 bits per heavy atom. The van der Waals surface area contributed by atoms with Gasteiger partial charge in [-0.05, 0) is 49.6 Å². The molecule has 2 heterocycles. The lowest BCUT2D eigenvalue weighted by Crippen LogP contribution is -2.47. The van der Waals surface area contributed by atoms with Crippen molar-refractivity contribution in [2.75, 3.05) is 18.4 Å². The lowest BCUT2D eigenvalue weighted by atomic mass is 9.97. The maximum absolute atomic E-state index is 15.1. The largest absolute Gasteiger partial charge is 0.573 e. The SMILES string of the molecule is Cc1cc(OC(F)(F)F)ccc1S(=O)(=O)C(F)(F)C1CCN(C(=O)Nc2ccnnc2)CC1. The number of piperidine rings is 1. The first-order valence-electron chi connectivity index (χ1n) is 9.63. The summed E-state index contributed by atoms with van der Waals surface area (Å²) >= 11 is 0. The summed E-state index contributed by atoms with van der Waals surface area (Å²) in [6.07, 6.45) is -2.92. The Kier molecular flexibility index (Phi) is 6.77. The van der Waals surface area contributed by atoms with Gasteiger partial charge in [0.05, 0.1) is 23.0 Å². The van der Waals surface area contributed by atoms with Crippen molar-refractivity contribution in [3.63, 3.8) is 0 Å². The van der Waals surface area contributed by atoms with E-state index in [1.54, 1.807) is 0 Å². The quantitative estimate of drug-likeness (QED) is 0.631. The lowest BCUT2D eigenvalue weighted by molar-refractivity contribution is -0.274. The monoisotopic (exact) mass is 494 g/mol. The van der Waals surface area contributed by atoms with Gasteiger partial charge in [-0.3, -0.25) is 0 Å². The van der Waals surface area contributed by atoms with Crippen molar-refractivity contribution in [1.82, 2.24) is 15.1 Å². The summed E-state index contributed by atoms with van der Waals surface area (Å²) in [7, 11) is -5.22. The first kappa shape index (κ1) is 24.6. The molecule has 1 saturated heterocycles. The van der Waals surface area contributed by atoms with Gasteiger partial charge in [0.1, 0.15) is 5.75 Å². The number of anilines is 1. The number of likely N-dealkylation sites (tertiary alicyclic amines) is 1. The Balaban J connectivity index is 1.70. The van der Waals surface area contributed by atoms with E-state index in [4.69, 9.17) is 0 Å². The van der Waals surface area contributed by atoms with Crippen molar-refractivity contribution in [2.45, 2.75) is 36.3 Å². The van der Waals surface area contributed by atoms with Gasteiger partial charge in [-0.1, -0.05) is 0 Å². The number of carbonyl (C=O) groups is 1. The third kappa shape index (κ3) is 5.49. The van der Waals surface area contributed by atoms with Crippen LogP contribution in [0.4, 0.5) is 32.4 Å². The number of nitrogens with one attached hydrogen (secondary N) is 1. The molecule has 0 saturated carbocycles. The molecule has 0 unspecified atom stereocenters. The summed E-state index contributed by atoms with van der Waals surface area (Å²) in [5.41, 5.74) is 0.0534. The highest BCUT2D eigenvalue weighted by Gasteiger charge is 2.53. The van der Waals surface area contributed by atoms with Crippen molar-refractivity contribution in [1.29, 1.82) is 0 Å². The molecule has 180 valence electrons. The molecule has 1 fully saturated rings. The molecule has 3 rings (SSSR count). The summed E-state index contributed by atoms with van der Waals surface area (Å²) in [4.78, 5) is 12.8. The van der Waals surface area contributed by atoms with Crippen molar-refractivity contribution in [2.24, 2.45) is 5.92 Å². The molecule has 1 aromatic carbocycles. The lowest BCUT2D eigenvalue weighted by Gasteiger charge is -2.35. The van der Waals surface area contributed by atoms with Gasteiger partial charge in [0.15, 0.2) is 0 Å². The molecule has 8 nitrogen and oxygen atoms in total. The molecule has 1 aliphatic rings. The van der Waals surface area contributed by atoms with Crippen LogP contribution in [0.5, 0.6) is 5.75 Å². The number of nitrogens with zero attached hydrogens (tertiary/aromatic N) is 3. The van der Waals surface area contributed by atoms with Crippen LogP contribution < -0.4 is 10.1 Å². The molecule has 14 heteroatoms. The second kappa shape index (κ2) is 9.08. The van der Waals surface area contributed by atoms with E-state index < -0.39 is 44.0 Å². The minimum Gasteiger partial charge on any atom is -0.406 e.